The molecule has 0 unspecified atom stereocenters. The van der Waals surface area contributed by atoms with Gasteiger partial charge in [0, 0.05) is 12.5 Å². The van der Waals surface area contributed by atoms with E-state index in [0.717, 1.165) is 23.6 Å². The number of nitrogens with one attached hydrogen (secondary N) is 1. The maximum Gasteiger partial charge on any atom is 0.416 e. The number of aromatic nitrogens is 2. The molecule has 4 nitrogen and oxygen atoms in total. The Bertz CT molecular complexity index is 738. The molecule has 1 amide bonds. The number of alkyl halides is 3. The van der Waals surface area contributed by atoms with Gasteiger partial charge >= 0.3 is 6.18 Å². The first-order chi connectivity index (χ1) is 11.2. The number of halogens is 3. The molecule has 0 aliphatic heterocycles. The van der Waals surface area contributed by atoms with E-state index >= 15 is 0 Å². The Morgan fingerprint density at radius 1 is 1.33 bits per heavy atom. The molecule has 1 heterocycles. The number of carbonyl (C=O) groups is 1. The molecule has 128 valence electrons. The minimum atomic E-state index is -4.41. The van der Waals surface area contributed by atoms with Crippen LogP contribution in [0.5, 0.6) is 0 Å². The quantitative estimate of drug-likeness (QED) is 0.809. The zero-order valence-corrected chi connectivity index (χ0v) is 13.9. The Labute approximate surface area is 141 Å². The van der Waals surface area contributed by atoms with Crippen LogP contribution in [-0.2, 0) is 17.4 Å². The van der Waals surface area contributed by atoms with Gasteiger partial charge in [0.2, 0.25) is 11.0 Å². The van der Waals surface area contributed by atoms with Crippen LogP contribution < -0.4 is 5.32 Å². The van der Waals surface area contributed by atoms with Gasteiger partial charge < -0.3 is 0 Å². The fourth-order valence-electron chi connectivity index (χ4n) is 1.87. The molecule has 0 aliphatic carbocycles. The fraction of sp³-hybridized carbons (Fsp3) is 0.312. The summed E-state index contributed by atoms with van der Waals surface area (Å²) in [5, 5.41) is 11.6. The molecule has 0 spiro atoms. The normalized spacial score (nSPS) is 12.1. The number of rotatable bonds is 5. The summed E-state index contributed by atoms with van der Waals surface area (Å²) in [7, 11) is 0. The molecule has 0 radical (unpaired) electrons. The Hall–Kier alpha value is -2.22. The van der Waals surface area contributed by atoms with Gasteiger partial charge in [-0.2, -0.15) is 13.2 Å². The van der Waals surface area contributed by atoms with E-state index in [1.165, 1.54) is 35.6 Å². The first-order valence-electron chi connectivity index (χ1n) is 7.23. The van der Waals surface area contributed by atoms with Crippen molar-refractivity contribution in [3.8, 4) is 0 Å². The predicted octanol–water partition coefficient (Wildman–Crippen LogP) is 4.41. The van der Waals surface area contributed by atoms with Crippen LogP contribution in [0.3, 0.4) is 0 Å². The minimum Gasteiger partial charge on any atom is -0.297 e. The minimum absolute atomic E-state index is 0.290. The molecular weight excluding hydrogens is 339 g/mol. The zero-order chi connectivity index (χ0) is 17.7. The molecule has 1 N–H and O–H groups in total. The van der Waals surface area contributed by atoms with Gasteiger partial charge in [0.05, 0.1) is 5.56 Å². The number of benzene rings is 1. The molecule has 0 saturated heterocycles. The van der Waals surface area contributed by atoms with Gasteiger partial charge in [-0.1, -0.05) is 37.3 Å². The number of carbonyl (C=O) groups excluding carboxylic acids is 1. The zero-order valence-electron chi connectivity index (χ0n) is 13.1. The molecule has 0 fully saturated rings. The van der Waals surface area contributed by atoms with E-state index in [9.17, 15) is 18.0 Å². The average molecular weight is 355 g/mol. The molecular formula is C16H16F3N3OS. The number of nitrogens with zero attached hydrogens (tertiary/aromatic N) is 2. The lowest BCUT2D eigenvalue weighted by atomic mass is 10.1. The van der Waals surface area contributed by atoms with Crippen molar-refractivity contribution in [2.45, 2.75) is 26.4 Å². The highest BCUT2D eigenvalue weighted by Crippen LogP contribution is 2.29. The van der Waals surface area contributed by atoms with Crippen LogP contribution in [0.1, 0.15) is 30.0 Å². The highest BCUT2D eigenvalue weighted by atomic mass is 32.1. The molecule has 2 aromatic rings. The third-order valence-electron chi connectivity index (χ3n) is 2.92. The van der Waals surface area contributed by atoms with Crippen LogP contribution in [0.2, 0.25) is 0 Å². The van der Waals surface area contributed by atoms with Crippen LogP contribution >= 0.6 is 11.3 Å². The lowest BCUT2D eigenvalue weighted by molar-refractivity contribution is -0.137. The van der Waals surface area contributed by atoms with Crippen molar-refractivity contribution in [1.29, 1.82) is 0 Å². The Balaban J connectivity index is 1.99. The molecule has 0 bridgehead atoms. The summed E-state index contributed by atoms with van der Waals surface area (Å²) in [6.45, 7) is 4.11. The summed E-state index contributed by atoms with van der Waals surface area (Å²) in [6.07, 6.45) is -1.15. The van der Waals surface area contributed by atoms with E-state index in [-0.39, 0.29) is 5.56 Å². The molecule has 8 heteroatoms. The lowest BCUT2D eigenvalue weighted by Crippen LogP contribution is -2.07. The molecule has 0 aliphatic rings. The standard InChI is InChI=1S/C16H16F3N3OS/c1-10(2)8-14-21-22-15(24-14)20-13(23)7-6-11-4-3-5-12(9-11)16(17,18)19/h3-7,9-10H,8H2,1-2H3,(H,20,22,23)/b7-6+. The second-order valence-corrected chi connectivity index (χ2v) is 6.61. The summed E-state index contributed by atoms with van der Waals surface area (Å²) < 4.78 is 37.9. The first kappa shape index (κ1) is 18.1. The van der Waals surface area contributed by atoms with E-state index < -0.39 is 17.6 Å². The Morgan fingerprint density at radius 3 is 2.75 bits per heavy atom. The van der Waals surface area contributed by atoms with Gasteiger partial charge in [-0.3, -0.25) is 10.1 Å². The van der Waals surface area contributed by atoms with Crippen molar-refractivity contribution in [1.82, 2.24) is 10.2 Å². The maximum atomic E-state index is 12.6. The van der Waals surface area contributed by atoms with Gasteiger partial charge in [0.15, 0.2) is 0 Å². The topological polar surface area (TPSA) is 54.9 Å². The molecule has 0 saturated carbocycles. The van der Waals surface area contributed by atoms with Crippen molar-refractivity contribution in [3.63, 3.8) is 0 Å². The molecule has 1 aromatic heterocycles. The van der Waals surface area contributed by atoms with Crippen LogP contribution in [0.25, 0.3) is 6.08 Å². The number of hydrogen-bond donors (Lipinski definition) is 1. The van der Waals surface area contributed by atoms with Crippen molar-refractivity contribution in [2.75, 3.05) is 5.32 Å². The highest BCUT2D eigenvalue weighted by Gasteiger charge is 2.30. The van der Waals surface area contributed by atoms with Gasteiger partial charge in [0.25, 0.3) is 0 Å². The number of amides is 1. The van der Waals surface area contributed by atoms with Crippen LogP contribution in [-0.4, -0.2) is 16.1 Å². The lowest BCUT2D eigenvalue weighted by Gasteiger charge is -2.06. The number of anilines is 1. The Morgan fingerprint density at radius 2 is 2.08 bits per heavy atom. The highest BCUT2D eigenvalue weighted by molar-refractivity contribution is 7.15. The van der Waals surface area contributed by atoms with Gasteiger partial charge in [-0.25, -0.2) is 0 Å². The van der Waals surface area contributed by atoms with Crippen molar-refractivity contribution in [3.05, 3.63) is 46.5 Å². The van der Waals surface area contributed by atoms with Crippen LogP contribution in [0, 0.1) is 5.92 Å². The van der Waals surface area contributed by atoms with E-state index in [0.29, 0.717) is 11.0 Å². The van der Waals surface area contributed by atoms with E-state index in [1.807, 2.05) is 0 Å². The summed E-state index contributed by atoms with van der Waals surface area (Å²) in [4.78, 5) is 11.8. The molecule has 2 rings (SSSR count). The van der Waals surface area contributed by atoms with E-state index in [4.69, 9.17) is 0 Å². The van der Waals surface area contributed by atoms with Gasteiger partial charge in [-0.15, -0.1) is 10.2 Å². The third kappa shape index (κ3) is 5.45. The van der Waals surface area contributed by atoms with E-state index in [1.54, 1.807) is 0 Å². The largest absolute Gasteiger partial charge is 0.416 e. The third-order valence-corrected chi connectivity index (χ3v) is 3.78. The van der Waals surface area contributed by atoms with Crippen molar-refractivity contribution < 1.29 is 18.0 Å². The van der Waals surface area contributed by atoms with Gasteiger partial charge in [0.1, 0.15) is 5.01 Å². The number of hydrogen-bond acceptors (Lipinski definition) is 4. The predicted molar refractivity (Wildman–Crippen MR) is 87.6 cm³/mol. The van der Waals surface area contributed by atoms with Crippen molar-refractivity contribution in [2.24, 2.45) is 5.92 Å². The smallest absolute Gasteiger partial charge is 0.297 e. The molecule has 1 aromatic carbocycles. The van der Waals surface area contributed by atoms with Crippen molar-refractivity contribution >= 4 is 28.5 Å². The van der Waals surface area contributed by atoms with E-state index in [2.05, 4.69) is 29.4 Å². The van der Waals surface area contributed by atoms with Crippen LogP contribution in [0.15, 0.2) is 30.3 Å². The van der Waals surface area contributed by atoms with Crippen LogP contribution in [0.4, 0.5) is 18.3 Å². The average Bonchev–Trinajstić information content (AvgIpc) is 2.91. The summed E-state index contributed by atoms with van der Waals surface area (Å²) in [5.74, 6) is -0.0398. The Kier molecular flexibility index (Phi) is 5.71. The molecule has 24 heavy (non-hydrogen) atoms. The van der Waals surface area contributed by atoms with Gasteiger partial charge in [-0.05, 0) is 29.7 Å². The molecule has 0 atom stereocenters. The summed E-state index contributed by atoms with van der Waals surface area (Å²) in [6, 6.07) is 4.75. The SMILES string of the molecule is CC(C)Cc1nnc(NC(=O)/C=C/c2cccc(C(F)(F)F)c2)s1. The fourth-order valence-corrected chi connectivity index (χ4v) is 2.83. The monoisotopic (exact) mass is 355 g/mol. The summed E-state index contributed by atoms with van der Waals surface area (Å²) >= 11 is 1.28. The first-order valence-corrected chi connectivity index (χ1v) is 8.04. The summed E-state index contributed by atoms with van der Waals surface area (Å²) in [5.41, 5.74) is -0.467. The second-order valence-electron chi connectivity index (χ2n) is 5.54. The maximum absolute atomic E-state index is 12.6. The second kappa shape index (κ2) is 7.57.